The first-order valence-electron chi connectivity index (χ1n) is 10.1. The zero-order valence-corrected chi connectivity index (χ0v) is 18.3. The Kier molecular flexibility index (Phi) is 6.45. The van der Waals surface area contributed by atoms with E-state index < -0.39 is 5.69 Å². The molecule has 3 heterocycles. The topological polar surface area (TPSA) is 103 Å². The molecule has 0 amide bonds. The van der Waals surface area contributed by atoms with Gasteiger partial charge in [-0.25, -0.2) is 4.79 Å². The van der Waals surface area contributed by atoms with Crippen LogP contribution >= 0.6 is 0 Å². The third kappa shape index (κ3) is 4.18. The second kappa shape index (κ2) is 8.86. The van der Waals surface area contributed by atoms with Gasteiger partial charge in [0.25, 0.3) is 5.56 Å². The van der Waals surface area contributed by atoms with Gasteiger partial charge in [0, 0.05) is 39.8 Å². The second-order valence-electron chi connectivity index (χ2n) is 7.92. The number of allylic oxidation sites excluding steroid dienone is 2. The first-order valence-corrected chi connectivity index (χ1v) is 10.1. The molecule has 30 heavy (non-hydrogen) atoms. The summed E-state index contributed by atoms with van der Waals surface area (Å²) in [5.41, 5.74) is 1.16. The number of nitrogens with zero attached hydrogens (tertiary/aromatic N) is 5. The molecule has 1 N–H and O–H groups in total. The lowest BCUT2D eigenvalue weighted by Crippen LogP contribution is -2.48. The number of hydrogen-bond acceptors (Lipinski definition) is 7. The fourth-order valence-electron chi connectivity index (χ4n) is 3.75. The van der Waals surface area contributed by atoms with Crippen LogP contribution in [-0.2, 0) is 30.2 Å². The van der Waals surface area contributed by atoms with Gasteiger partial charge in [-0.3, -0.25) is 18.7 Å². The van der Waals surface area contributed by atoms with Crippen LogP contribution in [0.4, 0.5) is 5.95 Å². The van der Waals surface area contributed by atoms with Crippen molar-refractivity contribution in [3.8, 4) is 0 Å². The molecular formula is C20H30N6O4. The molecule has 0 aliphatic carbocycles. The molecule has 1 aliphatic rings. The third-order valence-corrected chi connectivity index (χ3v) is 5.48. The largest absolute Gasteiger partial charge is 0.468 e. The van der Waals surface area contributed by atoms with E-state index in [-0.39, 0.29) is 24.1 Å². The molecular weight excluding hydrogens is 388 g/mol. The van der Waals surface area contributed by atoms with Crippen LogP contribution in [0.15, 0.2) is 21.2 Å². The Bertz CT molecular complexity index is 1090. The normalized spacial score (nSPS) is 16.7. The van der Waals surface area contributed by atoms with Gasteiger partial charge in [0.15, 0.2) is 11.2 Å². The van der Waals surface area contributed by atoms with Gasteiger partial charge in [0.05, 0.1) is 13.7 Å². The molecule has 1 atom stereocenters. The number of hydrogen-bond donors (Lipinski definition) is 1. The molecule has 0 saturated carbocycles. The van der Waals surface area contributed by atoms with E-state index in [2.05, 4.69) is 10.2 Å². The minimum atomic E-state index is -0.401. The van der Waals surface area contributed by atoms with Gasteiger partial charge in [0.1, 0.15) is 0 Å². The number of anilines is 1. The lowest BCUT2D eigenvalue weighted by molar-refractivity contribution is -0.139. The van der Waals surface area contributed by atoms with Gasteiger partial charge >= 0.3 is 11.7 Å². The van der Waals surface area contributed by atoms with Crippen molar-refractivity contribution in [2.24, 2.45) is 14.1 Å². The van der Waals surface area contributed by atoms with Gasteiger partial charge in [-0.05, 0) is 26.7 Å². The maximum Gasteiger partial charge on any atom is 0.332 e. The zero-order valence-electron chi connectivity index (χ0n) is 18.3. The van der Waals surface area contributed by atoms with E-state index in [1.165, 1.54) is 18.7 Å². The quantitative estimate of drug-likeness (QED) is 0.525. The number of carbonyl (C=O) groups excluding carboxylic acids is 1. The monoisotopic (exact) mass is 418 g/mol. The molecule has 10 heteroatoms. The molecule has 2 aromatic rings. The third-order valence-electron chi connectivity index (χ3n) is 5.48. The van der Waals surface area contributed by atoms with Gasteiger partial charge in [-0.1, -0.05) is 11.6 Å². The molecule has 1 fully saturated rings. The molecule has 1 saturated heterocycles. The predicted molar refractivity (Wildman–Crippen MR) is 115 cm³/mol. The SMILES string of the molecule is COC(=O)CNC1CCCN(c2nc3c(c(=O)n(C)c(=O)n3C)n2CC=C(C)C)C1. The van der Waals surface area contributed by atoms with Crippen molar-refractivity contribution in [1.29, 1.82) is 0 Å². The Morgan fingerprint density at radius 3 is 2.67 bits per heavy atom. The van der Waals surface area contributed by atoms with Gasteiger partial charge in [0.2, 0.25) is 5.95 Å². The fourth-order valence-corrected chi connectivity index (χ4v) is 3.75. The lowest BCUT2D eigenvalue weighted by Gasteiger charge is -2.34. The number of aryl methyl sites for hydroxylation is 1. The Morgan fingerprint density at radius 2 is 2.00 bits per heavy atom. The first kappa shape index (κ1) is 21.8. The maximum absolute atomic E-state index is 12.9. The van der Waals surface area contributed by atoms with Crippen LogP contribution in [0.25, 0.3) is 11.2 Å². The number of ether oxygens (including phenoxy) is 1. The number of piperidine rings is 1. The molecule has 1 aliphatic heterocycles. The summed E-state index contributed by atoms with van der Waals surface area (Å²) in [5, 5.41) is 3.23. The number of esters is 1. The molecule has 0 bridgehead atoms. The highest BCUT2D eigenvalue weighted by Crippen LogP contribution is 2.23. The number of rotatable bonds is 6. The molecule has 0 aromatic carbocycles. The molecule has 0 spiro atoms. The lowest BCUT2D eigenvalue weighted by atomic mass is 10.1. The second-order valence-corrected chi connectivity index (χ2v) is 7.92. The summed E-state index contributed by atoms with van der Waals surface area (Å²) in [6.07, 6.45) is 3.88. The van der Waals surface area contributed by atoms with Gasteiger partial charge in [-0.2, -0.15) is 4.98 Å². The van der Waals surface area contributed by atoms with Crippen molar-refractivity contribution in [1.82, 2.24) is 24.0 Å². The van der Waals surface area contributed by atoms with Crippen LogP contribution in [0.1, 0.15) is 26.7 Å². The van der Waals surface area contributed by atoms with E-state index in [9.17, 15) is 14.4 Å². The van der Waals surface area contributed by atoms with E-state index in [4.69, 9.17) is 9.72 Å². The number of methoxy groups -OCH3 is 1. The predicted octanol–water partition coefficient (Wildman–Crippen LogP) is 0.131. The van der Waals surface area contributed by atoms with Crippen molar-refractivity contribution in [2.45, 2.75) is 39.3 Å². The average Bonchev–Trinajstić information content (AvgIpc) is 3.13. The Morgan fingerprint density at radius 1 is 1.27 bits per heavy atom. The van der Waals surface area contributed by atoms with Gasteiger partial charge < -0.3 is 19.5 Å². The van der Waals surface area contributed by atoms with Crippen LogP contribution in [0.3, 0.4) is 0 Å². The van der Waals surface area contributed by atoms with Crippen molar-refractivity contribution < 1.29 is 9.53 Å². The van der Waals surface area contributed by atoms with E-state index in [0.717, 1.165) is 29.5 Å². The number of nitrogens with one attached hydrogen (secondary N) is 1. The molecule has 164 valence electrons. The number of imidazole rings is 1. The van der Waals surface area contributed by atoms with Crippen molar-refractivity contribution in [3.05, 3.63) is 32.5 Å². The maximum atomic E-state index is 12.9. The van der Waals surface area contributed by atoms with E-state index in [1.54, 1.807) is 7.05 Å². The Labute approximate surface area is 174 Å². The zero-order chi connectivity index (χ0) is 22.0. The average molecular weight is 418 g/mol. The minimum absolute atomic E-state index is 0.0984. The highest BCUT2D eigenvalue weighted by Gasteiger charge is 2.27. The summed E-state index contributed by atoms with van der Waals surface area (Å²) in [4.78, 5) is 43.6. The van der Waals surface area contributed by atoms with E-state index in [1.807, 2.05) is 24.5 Å². The van der Waals surface area contributed by atoms with Crippen LogP contribution in [0.5, 0.6) is 0 Å². The van der Waals surface area contributed by atoms with Crippen LogP contribution in [-0.4, -0.2) is 57.4 Å². The van der Waals surface area contributed by atoms with Crippen molar-refractivity contribution in [2.75, 3.05) is 31.6 Å². The fraction of sp³-hybridized carbons (Fsp3) is 0.600. The van der Waals surface area contributed by atoms with E-state index >= 15 is 0 Å². The van der Waals surface area contributed by atoms with Crippen molar-refractivity contribution >= 4 is 23.1 Å². The number of aromatic nitrogens is 4. The number of carbonyl (C=O) groups is 1. The molecule has 10 nitrogen and oxygen atoms in total. The van der Waals surface area contributed by atoms with Crippen LogP contribution in [0, 0.1) is 0 Å². The summed E-state index contributed by atoms with van der Waals surface area (Å²) in [6, 6.07) is 0.0984. The summed E-state index contributed by atoms with van der Waals surface area (Å²) in [6.45, 7) is 6.06. The Hall–Kier alpha value is -2.88. The molecule has 1 unspecified atom stereocenters. The van der Waals surface area contributed by atoms with Crippen LogP contribution < -0.4 is 21.5 Å². The minimum Gasteiger partial charge on any atom is -0.468 e. The molecule has 0 radical (unpaired) electrons. The molecule has 3 rings (SSSR count). The summed E-state index contributed by atoms with van der Waals surface area (Å²) < 4.78 is 9.12. The highest BCUT2D eigenvalue weighted by molar-refractivity contribution is 5.75. The van der Waals surface area contributed by atoms with E-state index in [0.29, 0.717) is 30.2 Å². The summed E-state index contributed by atoms with van der Waals surface area (Å²) >= 11 is 0. The smallest absolute Gasteiger partial charge is 0.332 e. The highest BCUT2D eigenvalue weighted by atomic mass is 16.5. The summed E-state index contributed by atoms with van der Waals surface area (Å²) in [7, 11) is 4.48. The summed E-state index contributed by atoms with van der Waals surface area (Å²) in [5.74, 6) is 0.354. The van der Waals surface area contributed by atoms with Gasteiger partial charge in [-0.15, -0.1) is 0 Å². The van der Waals surface area contributed by atoms with Crippen molar-refractivity contribution in [3.63, 3.8) is 0 Å². The van der Waals surface area contributed by atoms with Crippen LogP contribution in [0.2, 0.25) is 0 Å². The Balaban J connectivity index is 2.05. The number of fused-ring (bicyclic) bond motifs is 1. The first-order chi connectivity index (χ1) is 14.2. The molecule has 2 aromatic heterocycles. The standard InChI is InChI=1S/C20H30N6O4/c1-13(2)8-10-26-16-17(23(3)20(29)24(4)18(16)28)22-19(26)25-9-6-7-14(12-25)21-11-15(27)30-5/h8,14,21H,6-7,9-12H2,1-5H3.